The quantitative estimate of drug-likeness (QED) is 0.714. The molecule has 0 bridgehead atoms. The van der Waals surface area contributed by atoms with E-state index in [9.17, 15) is 5.11 Å². The zero-order valence-electron chi connectivity index (χ0n) is 13.3. The van der Waals surface area contributed by atoms with Gasteiger partial charge in [0.25, 0.3) is 0 Å². The van der Waals surface area contributed by atoms with Crippen molar-refractivity contribution in [3.8, 4) is 5.75 Å². The van der Waals surface area contributed by atoms with Crippen LogP contribution in [0.15, 0.2) is 29.8 Å². The molecule has 22 heavy (non-hydrogen) atoms. The molecule has 0 amide bonds. The van der Waals surface area contributed by atoms with Crippen LogP contribution in [0.4, 0.5) is 0 Å². The Morgan fingerprint density at radius 3 is 3.05 bits per heavy atom. The third-order valence-electron chi connectivity index (χ3n) is 7.26. The van der Waals surface area contributed by atoms with Gasteiger partial charge in [-0.15, -0.1) is 0 Å². The fourth-order valence-corrected chi connectivity index (χ4v) is 6.28. The van der Waals surface area contributed by atoms with Crippen LogP contribution < -0.4 is 5.32 Å². The summed E-state index contributed by atoms with van der Waals surface area (Å²) in [5.41, 5.74) is 5.19. The lowest BCUT2D eigenvalue weighted by atomic mass is 9.56. The third kappa shape index (κ3) is 1.54. The molecule has 1 heterocycles. The number of hydrogen-bond acceptors (Lipinski definition) is 2. The molecule has 5 rings (SSSR count). The predicted octanol–water partition coefficient (Wildman–Crippen LogP) is 3.76. The van der Waals surface area contributed by atoms with Crippen LogP contribution in [0, 0.1) is 17.3 Å². The van der Waals surface area contributed by atoms with Gasteiger partial charge in [0.2, 0.25) is 0 Å². The van der Waals surface area contributed by atoms with E-state index >= 15 is 0 Å². The van der Waals surface area contributed by atoms with E-state index in [-0.39, 0.29) is 0 Å². The highest BCUT2D eigenvalue weighted by Crippen LogP contribution is 2.62. The Balaban J connectivity index is 1.55. The Hall–Kier alpha value is -1.28. The smallest absolute Gasteiger partial charge is 0.115 e. The molecule has 0 radical (unpaired) electrons. The molecule has 1 aliphatic heterocycles. The fourth-order valence-electron chi connectivity index (χ4n) is 6.28. The van der Waals surface area contributed by atoms with Gasteiger partial charge in [-0.1, -0.05) is 17.7 Å². The van der Waals surface area contributed by atoms with Crippen molar-refractivity contribution >= 4 is 0 Å². The molecule has 5 unspecified atom stereocenters. The maximum Gasteiger partial charge on any atom is 0.115 e. The Morgan fingerprint density at radius 2 is 2.14 bits per heavy atom. The normalized spacial score (nSPS) is 42.1. The van der Waals surface area contributed by atoms with Crippen LogP contribution in [0.25, 0.3) is 0 Å². The lowest BCUT2D eigenvalue weighted by molar-refractivity contribution is 0.173. The molecular weight excluding hydrogens is 270 g/mol. The molecule has 4 aliphatic rings. The first kappa shape index (κ1) is 13.2. The number of aryl methyl sites for hydroxylation is 1. The minimum atomic E-state index is 0.429. The minimum Gasteiger partial charge on any atom is -0.508 e. The number of aromatic hydroxyl groups is 1. The predicted molar refractivity (Wildman–Crippen MR) is 88.0 cm³/mol. The number of phenols is 1. The van der Waals surface area contributed by atoms with Crippen LogP contribution in [0.1, 0.15) is 49.7 Å². The maximum absolute atomic E-state index is 9.77. The summed E-state index contributed by atoms with van der Waals surface area (Å²) in [4.78, 5) is 0. The summed E-state index contributed by atoms with van der Waals surface area (Å²) in [6.07, 6.45) is 8.98. The highest BCUT2D eigenvalue weighted by Gasteiger charge is 2.56. The van der Waals surface area contributed by atoms with Gasteiger partial charge < -0.3 is 10.4 Å². The molecule has 5 atom stereocenters. The van der Waals surface area contributed by atoms with E-state index in [0.717, 1.165) is 18.3 Å². The van der Waals surface area contributed by atoms with E-state index in [2.05, 4.69) is 24.4 Å². The maximum atomic E-state index is 9.77. The number of hydrogen-bond donors (Lipinski definition) is 2. The summed E-state index contributed by atoms with van der Waals surface area (Å²) in [6.45, 7) is 3.58. The summed E-state index contributed by atoms with van der Waals surface area (Å²) in [5.74, 6) is 2.71. The van der Waals surface area contributed by atoms with Crippen molar-refractivity contribution in [2.75, 3.05) is 6.54 Å². The first-order chi connectivity index (χ1) is 10.7. The van der Waals surface area contributed by atoms with Crippen molar-refractivity contribution in [1.29, 1.82) is 0 Å². The summed E-state index contributed by atoms with van der Waals surface area (Å²) in [7, 11) is 0. The van der Waals surface area contributed by atoms with Gasteiger partial charge in [-0.2, -0.15) is 0 Å². The first-order valence-corrected chi connectivity index (χ1v) is 8.95. The number of allylic oxidation sites excluding steroid dienone is 1. The number of nitrogens with one attached hydrogen (secondary N) is 1. The van der Waals surface area contributed by atoms with Crippen molar-refractivity contribution in [3.05, 3.63) is 41.0 Å². The highest BCUT2D eigenvalue weighted by molar-refractivity contribution is 5.44. The SMILES string of the molecule is CC1NCC23CCC4c5ccc(O)cc5CCC4C2=CCC13. The van der Waals surface area contributed by atoms with Gasteiger partial charge in [0.1, 0.15) is 5.75 Å². The molecule has 2 N–H and O–H groups in total. The van der Waals surface area contributed by atoms with Crippen LogP contribution in [0.2, 0.25) is 0 Å². The average Bonchev–Trinajstić information content (AvgIpc) is 3.04. The van der Waals surface area contributed by atoms with Crippen LogP contribution in [-0.2, 0) is 6.42 Å². The molecule has 116 valence electrons. The van der Waals surface area contributed by atoms with E-state index in [0.29, 0.717) is 23.1 Å². The average molecular weight is 295 g/mol. The molecule has 1 aromatic rings. The van der Waals surface area contributed by atoms with Crippen LogP contribution in [0.3, 0.4) is 0 Å². The van der Waals surface area contributed by atoms with Crippen molar-refractivity contribution in [3.63, 3.8) is 0 Å². The van der Waals surface area contributed by atoms with Gasteiger partial charge >= 0.3 is 0 Å². The first-order valence-electron chi connectivity index (χ1n) is 8.95. The van der Waals surface area contributed by atoms with E-state index in [1.165, 1.54) is 43.4 Å². The summed E-state index contributed by atoms with van der Waals surface area (Å²) in [6, 6.07) is 6.76. The third-order valence-corrected chi connectivity index (χ3v) is 7.26. The van der Waals surface area contributed by atoms with Crippen LogP contribution >= 0.6 is 0 Å². The highest BCUT2D eigenvalue weighted by atomic mass is 16.3. The van der Waals surface area contributed by atoms with Crippen LogP contribution in [0.5, 0.6) is 5.75 Å². The Labute approximate surface area is 132 Å². The molecule has 2 heteroatoms. The minimum absolute atomic E-state index is 0.429. The molecule has 2 nitrogen and oxygen atoms in total. The van der Waals surface area contributed by atoms with Gasteiger partial charge in [0, 0.05) is 18.0 Å². The number of fused-ring (bicyclic) bond motifs is 4. The Kier molecular flexibility index (Phi) is 2.63. The lowest BCUT2D eigenvalue weighted by Crippen LogP contribution is -2.40. The van der Waals surface area contributed by atoms with Crippen LogP contribution in [-0.4, -0.2) is 17.7 Å². The van der Waals surface area contributed by atoms with Gasteiger partial charge in [0.15, 0.2) is 0 Å². The van der Waals surface area contributed by atoms with Crippen molar-refractivity contribution < 1.29 is 5.11 Å². The standard InChI is InChI=1S/C20H25NO/c1-12-18-6-7-19-17-4-2-13-10-14(22)3-5-15(13)16(17)8-9-20(18,19)11-21-12/h3,5,7,10,12,16-18,21-22H,2,4,6,8-9,11H2,1H3. The second-order valence-corrected chi connectivity index (χ2v) is 8.00. The monoisotopic (exact) mass is 295 g/mol. The van der Waals surface area contributed by atoms with E-state index in [4.69, 9.17) is 0 Å². The molecular formula is C20H25NO. The van der Waals surface area contributed by atoms with E-state index in [1.54, 1.807) is 5.57 Å². The molecule has 3 aliphatic carbocycles. The largest absolute Gasteiger partial charge is 0.508 e. The second-order valence-electron chi connectivity index (χ2n) is 8.00. The fraction of sp³-hybridized carbons (Fsp3) is 0.600. The molecule has 0 aromatic heterocycles. The molecule has 2 fully saturated rings. The van der Waals surface area contributed by atoms with Crippen molar-refractivity contribution in [2.45, 2.75) is 51.0 Å². The molecule has 1 aromatic carbocycles. The molecule has 1 spiro atoms. The summed E-state index contributed by atoms with van der Waals surface area (Å²) < 4.78 is 0. The second kappa shape index (κ2) is 4.38. The Bertz CT molecular complexity index is 664. The van der Waals surface area contributed by atoms with Gasteiger partial charge in [-0.25, -0.2) is 0 Å². The molecule has 1 saturated carbocycles. The number of rotatable bonds is 0. The number of benzene rings is 1. The van der Waals surface area contributed by atoms with E-state index < -0.39 is 0 Å². The van der Waals surface area contributed by atoms with Gasteiger partial charge in [-0.3, -0.25) is 0 Å². The van der Waals surface area contributed by atoms with Crippen molar-refractivity contribution in [2.24, 2.45) is 17.3 Å². The topological polar surface area (TPSA) is 32.3 Å². The summed E-state index contributed by atoms with van der Waals surface area (Å²) >= 11 is 0. The Morgan fingerprint density at radius 1 is 1.23 bits per heavy atom. The van der Waals surface area contributed by atoms with Crippen molar-refractivity contribution in [1.82, 2.24) is 5.32 Å². The zero-order valence-corrected chi connectivity index (χ0v) is 13.3. The lowest BCUT2D eigenvalue weighted by Gasteiger charge is -2.48. The zero-order chi connectivity index (χ0) is 14.9. The summed E-state index contributed by atoms with van der Waals surface area (Å²) in [5, 5.41) is 13.5. The number of phenolic OH excluding ortho intramolecular Hbond substituents is 1. The molecule has 1 saturated heterocycles. The van der Waals surface area contributed by atoms with Gasteiger partial charge in [-0.05, 0) is 80.0 Å². The van der Waals surface area contributed by atoms with E-state index in [1.807, 2.05) is 12.1 Å². The van der Waals surface area contributed by atoms with Gasteiger partial charge in [0.05, 0.1) is 0 Å².